The van der Waals surface area contributed by atoms with Crippen molar-refractivity contribution in [2.24, 2.45) is 11.1 Å². The van der Waals surface area contributed by atoms with Gasteiger partial charge in [0.2, 0.25) is 0 Å². The molecule has 0 rings (SSSR count). The van der Waals surface area contributed by atoms with Crippen LogP contribution in [0.3, 0.4) is 0 Å². The topological polar surface area (TPSA) is 43.1 Å². The number of ketones is 1. The Morgan fingerprint density at radius 2 is 2.08 bits per heavy atom. The van der Waals surface area contributed by atoms with Crippen LogP contribution in [-0.4, -0.2) is 17.6 Å². The van der Waals surface area contributed by atoms with Crippen LogP contribution >= 0.6 is 12.6 Å². The molecule has 0 saturated heterocycles. The lowest BCUT2D eigenvalue weighted by atomic mass is 9.83. The predicted octanol–water partition coefficient (Wildman–Crippen LogP) is 1.64. The Balaban J connectivity index is 4.00. The third kappa shape index (κ3) is 4.12. The largest absolute Gasteiger partial charge is 0.321 e. The Hall–Kier alpha value is -0.0200. The molecule has 2 nitrogen and oxygen atoms in total. The van der Waals surface area contributed by atoms with Gasteiger partial charge in [0.25, 0.3) is 0 Å². The average Bonchev–Trinajstić information content (AvgIpc) is 2.02. The van der Waals surface area contributed by atoms with Crippen molar-refractivity contribution in [3.63, 3.8) is 0 Å². The van der Waals surface area contributed by atoms with Crippen LogP contribution in [0.5, 0.6) is 0 Å². The molecule has 0 radical (unpaired) electrons. The Bertz CT molecular complexity index is 157. The van der Waals surface area contributed by atoms with Crippen LogP contribution in [0.1, 0.15) is 33.6 Å². The summed E-state index contributed by atoms with van der Waals surface area (Å²) in [6.07, 6.45) is 1.56. The summed E-state index contributed by atoms with van der Waals surface area (Å²) in [4.78, 5) is 11.4. The van der Waals surface area contributed by atoms with Gasteiger partial charge in [0.05, 0.1) is 6.04 Å². The monoisotopic (exact) mass is 189 g/mol. The van der Waals surface area contributed by atoms with Gasteiger partial charge in [-0.1, -0.05) is 27.2 Å². The van der Waals surface area contributed by atoms with E-state index in [0.717, 1.165) is 6.42 Å². The third-order valence-corrected chi connectivity index (χ3v) is 2.61. The summed E-state index contributed by atoms with van der Waals surface area (Å²) in [7, 11) is 0. The number of Topliss-reactive ketones (excluding diaryl/α,β-unsaturated/α-hetero) is 1. The van der Waals surface area contributed by atoms with Crippen LogP contribution in [0.2, 0.25) is 0 Å². The fraction of sp³-hybridized carbons (Fsp3) is 0.889. The minimum atomic E-state index is -0.390. The first-order chi connectivity index (χ1) is 5.43. The minimum Gasteiger partial charge on any atom is -0.321 e. The minimum absolute atomic E-state index is 0.0810. The lowest BCUT2D eigenvalue weighted by molar-refractivity contribution is -0.121. The molecule has 0 saturated carbocycles. The molecule has 0 spiro atoms. The van der Waals surface area contributed by atoms with E-state index < -0.39 is 0 Å². The molecular formula is C9H19NOS. The van der Waals surface area contributed by atoms with E-state index in [9.17, 15) is 4.79 Å². The maximum absolute atomic E-state index is 11.4. The first kappa shape index (κ1) is 12.0. The Morgan fingerprint density at radius 1 is 1.58 bits per heavy atom. The highest BCUT2D eigenvalue weighted by Gasteiger charge is 2.22. The van der Waals surface area contributed by atoms with Gasteiger partial charge in [0, 0.05) is 12.2 Å². The number of thiol groups is 1. The molecule has 0 aliphatic carbocycles. The van der Waals surface area contributed by atoms with Crippen LogP contribution < -0.4 is 5.73 Å². The van der Waals surface area contributed by atoms with Crippen molar-refractivity contribution in [3.8, 4) is 0 Å². The van der Waals surface area contributed by atoms with E-state index in [1.165, 1.54) is 0 Å². The van der Waals surface area contributed by atoms with Crippen LogP contribution in [0.15, 0.2) is 0 Å². The quantitative estimate of drug-likeness (QED) is 0.646. The van der Waals surface area contributed by atoms with Gasteiger partial charge in [0.15, 0.2) is 5.78 Å². The Kier molecular flexibility index (Phi) is 4.87. The molecule has 0 heterocycles. The molecule has 72 valence electrons. The summed E-state index contributed by atoms with van der Waals surface area (Å²) >= 11 is 3.99. The molecule has 0 unspecified atom stereocenters. The van der Waals surface area contributed by atoms with E-state index in [1.54, 1.807) is 0 Å². The second kappa shape index (κ2) is 4.87. The molecule has 0 aromatic heterocycles. The molecule has 0 aromatic carbocycles. The maximum Gasteiger partial charge on any atom is 0.150 e. The number of rotatable bonds is 5. The van der Waals surface area contributed by atoms with Crippen molar-refractivity contribution in [1.82, 2.24) is 0 Å². The summed E-state index contributed by atoms with van der Waals surface area (Å²) in [5.41, 5.74) is 5.63. The number of hydrogen-bond acceptors (Lipinski definition) is 3. The van der Waals surface area contributed by atoms with Crippen molar-refractivity contribution in [1.29, 1.82) is 0 Å². The highest BCUT2D eigenvalue weighted by atomic mass is 32.1. The van der Waals surface area contributed by atoms with E-state index in [0.29, 0.717) is 12.2 Å². The normalized spacial score (nSPS) is 14.4. The maximum atomic E-state index is 11.4. The van der Waals surface area contributed by atoms with Crippen LogP contribution in [0.25, 0.3) is 0 Å². The number of nitrogens with two attached hydrogens (primary N) is 1. The van der Waals surface area contributed by atoms with Gasteiger partial charge in [-0.05, 0) is 5.41 Å². The first-order valence-corrected chi connectivity index (χ1v) is 4.95. The molecule has 0 aliphatic heterocycles. The fourth-order valence-corrected chi connectivity index (χ4v) is 1.03. The predicted molar refractivity (Wildman–Crippen MR) is 55.5 cm³/mol. The molecule has 2 N–H and O–H groups in total. The van der Waals surface area contributed by atoms with Gasteiger partial charge in [-0.25, -0.2) is 0 Å². The van der Waals surface area contributed by atoms with E-state index in [4.69, 9.17) is 5.73 Å². The summed E-state index contributed by atoms with van der Waals surface area (Å²) in [5, 5.41) is 0. The molecule has 1 atom stereocenters. The zero-order valence-corrected chi connectivity index (χ0v) is 9.03. The Morgan fingerprint density at radius 3 is 2.42 bits per heavy atom. The van der Waals surface area contributed by atoms with E-state index in [1.807, 2.05) is 0 Å². The summed E-state index contributed by atoms with van der Waals surface area (Å²) < 4.78 is 0. The number of carbonyl (C=O) groups is 1. The molecule has 3 heteroatoms. The van der Waals surface area contributed by atoms with Crippen molar-refractivity contribution in [3.05, 3.63) is 0 Å². The van der Waals surface area contributed by atoms with E-state index in [-0.39, 0.29) is 17.2 Å². The van der Waals surface area contributed by atoms with Crippen molar-refractivity contribution in [2.45, 2.75) is 39.7 Å². The number of hydrogen-bond donors (Lipinski definition) is 2. The molecule has 0 amide bonds. The molecular weight excluding hydrogens is 170 g/mol. The lowest BCUT2D eigenvalue weighted by Gasteiger charge is -2.22. The standard InChI is InChI=1S/C9H19NOS/c1-4-9(2,3)5-8(11)7(10)6-12/h7,12H,4-6,10H2,1-3H3/t7-/m0/s1. The Labute approximate surface area is 80.3 Å². The summed E-state index contributed by atoms with van der Waals surface area (Å²) in [5.74, 6) is 0.565. The van der Waals surface area contributed by atoms with Gasteiger partial charge < -0.3 is 5.73 Å². The van der Waals surface area contributed by atoms with Crippen LogP contribution in [0, 0.1) is 5.41 Å². The molecule has 12 heavy (non-hydrogen) atoms. The van der Waals surface area contributed by atoms with Gasteiger partial charge in [0.1, 0.15) is 0 Å². The highest BCUT2D eigenvalue weighted by molar-refractivity contribution is 7.80. The second-order valence-electron chi connectivity index (χ2n) is 3.95. The van der Waals surface area contributed by atoms with Gasteiger partial charge >= 0.3 is 0 Å². The lowest BCUT2D eigenvalue weighted by Crippen LogP contribution is -2.35. The smallest absolute Gasteiger partial charge is 0.150 e. The SMILES string of the molecule is CCC(C)(C)CC(=O)[C@@H](N)CS. The second-order valence-corrected chi connectivity index (χ2v) is 4.32. The molecule has 0 aliphatic rings. The van der Waals surface area contributed by atoms with Crippen molar-refractivity contribution in [2.75, 3.05) is 5.75 Å². The zero-order valence-electron chi connectivity index (χ0n) is 8.13. The third-order valence-electron chi connectivity index (χ3n) is 2.22. The highest BCUT2D eigenvalue weighted by Crippen LogP contribution is 2.24. The average molecular weight is 189 g/mol. The van der Waals surface area contributed by atoms with Gasteiger partial charge in [-0.3, -0.25) is 4.79 Å². The van der Waals surface area contributed by atoms with Gasteiger partial charge in [-0.2, -0.15) is 12.6 Å². The van der Waals surface area contributed by atoms with E-state index >= 15 is 0 Å². The number of carbonyl (C=O) groups excluding carboxylic acids is 1. The van der Waals surface area contributed by atoms with Crippen molar-refractivity contribution >= 4 is 18.4 Å². The zero-order chi connectivity index (χ0) is 9.78. The molecule has 0 fully saturated rings. The fourth-order valence-electron chi connectivity index (χ4n) is 0.830. The molecule has 0 bridgehead atoms. The summed E-state index contributed by atoms with van der Waals surface area (Å²) in [6.45, 7) is 6.24. The molecule has 0 aromatic rings. The van der Waals surface area contributed by atoms with Crippen LogP contribution in [-0.2, 0) is 4.79 Å². The van der Waals surface area contributed by atoms with Crippen molar-refractivity contribution < 1.29 is 4.79 Å². The summed E-state index contributed by atoms with van der Waals surface area (Å²) in [6, 6.07) is -0.390. The van der Waals surface area contributed by atoms with Crippen LogP contribution in [0.4, 0.5) is 0 Å². The van der Waals surface area contributed by atoms with Gasteiger partial charge in [-0.15, -0.1) is 0 Å². The van der Waals surface area contributed by atoms with E-state index in [2.05, 4.69) is 33.4 Å². The first-order valence-electron chi connectivity index (χ1n) is 4.32.